The summed E-state index contributed by atoms with van der Waals surface area (Å²) in [5.41, 5.74) is 14.4. The number of nitrogen functional groups attached to an aromatic ring is 1. The summed E-state index contributed by atoms with van der Waals surface area (Å²) in [6.07, 6.45) is 1.42. The van der Waals surface area contributed by atoms with E-state index in [1.807, 2.05) is 74.4 Å². The van der Waals surface area contributed by atoms with Crippen molar-refractivity contribution < 1.29 is 14.4 Å². The second kappa shape index (κ2) is 12.6. The van der Waals surface area contributed by atoms with Gasteiger partial charge < -0.3 is 21.7 Å². The zero-order valence-corrected chi connectivity index (χ0v) is 23.3. The summed E-state index contributed by atoms with van der Waals surface area (Å²) < 4.78 is 4.02. The van der Waals surface area contributed by atoms with Crippen LogP contribution in [0.3, 0.4) is 0 Å². The van der Waals surface area contributed by atoms with Crippen LogP contribution in [0.4, 0.5) is 17.1 Å². The summed E-state index contributed by atoms with van der Waals surface area (Å²) in [6, 6.07) is 14.0. The van der Waals surface area contributed by atoms with Crippen molar-refractivity contribution >= 4 is 46.3 Å². The molecule has 3 aromatic rings. The molecular formula is C28H36N6O3S. The molecule has 0 spiro atoms. The van der Waals surface area contributed by atoms with E-state index in [1.54, 1.807) is 0 Å². The molecular weight excluding hydrogens is 500 g/mol. The minimum Gasteiger partial charge on any atom is -0.395 e. The molecule has 0 saturated heterocycles. The summed E-state index contributed by atoms with van der Waals surface area (Å²) >= 11 is 0.796. The van der Waals surface area contributed by atoms with Crippen LogP contribution in [-0.2, 0) is 11.2 Å². The smallest absolute Gasteiger partial charge is 0.273 e. The fourth-order valence-electron chi connectivity index (χ4n) is 4.10. The Morgan fingerprint density at radius 3 is 2.26 bits per heavy atom. The number of hydrogen-bond donors (Lipinski definition) is 3. The van der Waals surface area contributed by atoms with Gasteiger partial charge >= 0.3 is 0 Å². The molecule has 0 aliphatic rings. The number of aromatic nitrogens is 1. The average molecular weight is 537 g/mol. The molecule has 202 valence electrons. The highest BCUT2D eigenvalue weighted by Crippen LogP contribution is 2.35. The number of rotatable bonds is 11. The van der Waals surface area contributed by atoms with Gasteiger partial charge in [-0.25, -0.2) is 0 Å². The number of aryl methyl sites for hydroxylation is 1. The standard InChI is InChI=1S/C28H36N6O3S/c1-6-18-9-7-8-10-21(18)34(28(37)25-22(29)23(26(30)35)32-38-25)24(27(36)31-16-15-17(2)3)19-11-13-20(14-12-19)33(4)5/h7-14,17,24H,6,15-16,29H2,1-5H3,(H2,30,35)(H,31,36)/t24-/m0/s1. The van der Waals surface area contributed by atoms with Gasteiger partial charge in [0.15, 0.2) is 5.69 Å². The van der Waals surface area contributed by atoms with Gasteiger partial charge in [0.25, 0.3) is 11.8 Å². The maximum Gasteiger partial charge on any atom is 0.273 e. The molecule has 10 heteroatoms. The molecule has 0 unspecified atom stereocenters. The molecule has 0 fully saturated rings. The van der Waals surface area contributed by atoms with Gasteiger partial charge in [0, 0.05) is 32.0 Å². The lowest BCUT2D eigenvalue weighted by atomic mass is 9.99. The Kier molecular flexibility index (Phi) is 9.46. The van der Waals surface area contributed by atoms with Crippen molar-refractivity contribution in [3.63, 3.8) is 0 Å². The Balaban J connectivity index is 2.21. The van der Waals surface area contributed by atoms with Crippen LogP contribution < -0.4 is 26.6 Å². The van der Waals surface area contributed by atoms with Crippen LogP contribution in [0.15, 0.2) is 48.5 Å². The summed E-state index contributed by atoms with van der Waals surface area (Å²) in [7, 11) is 3.86. The molecule has 0 aliphatic carbocycles. The first-order chi connectivity index (χ1) is 18.1. The van der Waals surface area contributed by atoms with Crippen molar-refractivity contribution in [2.24, 2.45) is 11.7 Å². The molecule has 0 aliphatic heterocycles. The Morgan fingerprint density at radius 1 is 1.05 bits per heavy atom. The Hall–Kier alpha value is -3.92. The second-order valence-corrected chi connectivity index (χ2v) is 10.4. The molecule has 38 heavy (non-hydrogen) atoms. The molecule has 0 bridgehead atoms. The van der Waals surface area contributed by atoms with E-state index >= 15 is 0 Å². The zero-order chi connectivity index (χ0) is 28.0. The summed E-state index contributed by atoms with van der Waals surface area (Å²) in [6.45, 7) is 6.62. The van der Waals surface area contributed by atoms with Crippen LogP contribution in [0.1, 0.15) is 64.5 Å². The minimum absolute atomic E-state index is 0.0506. The second-order valence-electron chi connectivity index (χ2n) is 9.66. The van der Waals surface area contributed by atoms with Crippen molar-refractivity contribution in [2.75, 3.05) is 36.2 Å². The lowest BCUT2D eigenvalue weighted by Gasteiger charge is -2.33. The van der Waals surface area contributed by atoms with E-state index < -0.39 is 17.9 Å². The quantitative estimate of drug-likeness (QED) is 0.339. The normalized spacial score (nSPS) is 11.7. The molecule has 2 aromatic carbocycles. The van der Waals surface area contributed by atoms with E-state index in [2.05, 4.69) is 23.5 Å². The van der Waals surface area contributed by atoms with Gasteiger partial charge in [-0.1, -0.05) is 51.1 Å². The third-order valence-corrected chi connectivity index (χ3v) is 7.11. The van der Waals surface area contributed by atoms with Crippen molar-refractivity contribution in [3.8, 4) is 0 Å². The first-order valence-electron chi connectivity index (χ1n) is 12.6. The predicted octanol–water partition coefficient (Wildman–Crippen LogP) is 4.00. The van der Waals surface area contributed by atoms with E-state index in [0.717, 1.165) is 29.2 Å². The van der Waals surface area contributed by atoms with Crippen LogP contribution >= 0.6 is 11.5 Å². The molecule has 3 rings (SSSR count). The highest BCUT2D eigenvalue weighted by molar-refractivity contribution is 7.09. The van der Waals surface area contributed by atoms with Crippen molar-refractivity contribution in [2.45, 2.75) is 39.7 Å². The van der Waals surface area contributed by atoms with Gasteiger partial charge in [-0.3, -0.25) is 19.3 Å². The first kappa shape index (κ1) is 28.6. The molecule has 9 nitrogen and oxygen atoms in total. The monoisotopic (exact) mass is 536 g/mol. The van der Waals surface area contributed by atoms with E-state index in [-0.39, 0.29) is 22.2 Å². The molecule has 0 saturated carbocycles. The number of para-hydroxylation sites is 1. The van der Waals surface area contributed by atoms with Crippen LogP contribution in [0, 0.1) is 5.92 Å². The van der Waals surface area contributed by atoms with Crippen molar-refractivity contribution in [1.29, 1.82) is 0 Å². The highest BCUT2D eigenvalue weighted by atomic mass is 32.1. The molecule has 5 N–H and O–H groups in total. The molecule has 1 atom stereocenters. The highest BCUT2D eigenvalue weighted by Gasteiger charge is 2.36. The molecule has 1 heterocycles. The minimum atomic E-state index is -1.00. The van der Waals surface area contributed by atoms with E-state index in [0.29, 0.717) is 30.1 Å². The fraction of sp³-hybridized carbons (Fsp3) is 0.357. The van der Waals surface area contributed by atoms with Crippen LogP contribution in [0.25, 0.3) is 0 Å². The van der Waals surface area contributed by atoms with Crippen LogP contribution in [0.5, 0.6) is 0 Å². The molecule has 0 radical (unpaired) electrons. The van der Waals surface area contributed by atoms with Crippen molar-refractivity contribution in [3.05, 3.63) is 70.2 Å². The SMILES string of the molecule is CCc1ccccc1N(C(=O)c1snc(C(N)=O)c1N)[C@H](C(=O)NCCC(C)C)c1ccc(N(C)C)cc1. The lowest BCUT2D eigenvalue weighted by Crippen LogP contribution is -2.44. The van der Waals surface area contributed by atoms with Crippen LogP contribution in [0.2, 0.25) is 0 Å². The van der Waals surface area contributed by atoms with Gasteiger partial charge in [-0.05, 0) is 59.6 Å². The third-order valence-electron chi connectivity index (χ3n) is 6.26. The number of nitrogens with two attached hydrogens (primary N) is 2. The molecule has 1 aromatic heterocycles. The third kappa shape index (κ3) is 6.31. The lowest BCUT2D eigenvalue weighted by molar-refractivity contribution is -0.122. The Morgan fingerprint density at radius 2 is 1.71 bits per heavy atom. The van der Waals surface area contributed by atoms with Gasteiger partial charge in [0.05, 0.1) is 5.69 Å². The number of nitrogens with one attached hydrogen (secondary N) is 1. The van der Waals surface area contributed by atoms with Gasteiger partial charge in [0.1, 0.15) is 10.9 Å². The number of amides is 3. The number of benzene rings is 2. The zero-order valence-electron chi connectivity index (χ0n) is 22.5. The number of carbonyl (C=O) groups excluding carboxylic acids is 3. The Bertz CT molecular complexity index is 1290. The van der Waals surface area contributed by atoms with Crippen molar-refractivity contribution in [1.82, 2.24) is 9.69 Å². The number of primary amides is 1. The number of nitrogens with zero attached hydrogens (tertiary/aromatic N) is 3. The maximum absolute atomic E-state index is 14.2. The molecule has 3 amide bonds. The van der Waals surface area contributed by atoms with Gasteiger partial charge in [-0.15, -0.1) is 0 Å². The number of anilines is 3. The average Bonchev–Trinajstić information content (AvgIpc) is 3.28. The number of hydrogen-bond acceptors (Lipinski definition) is 7. The summed E-state index contributed by atoms with van der Waals surface area (Å²) in [4.78, 5) is 43.4. The van der Waals surface area contributed by atoms with E-state index in [1.165, 1.54) is 4.90 Å². The fourth-order valence-corrected chi connectivity index (χ4v) is 4.84. The summed E-state index contributed by atoms with van der Waals surface area (Å²) in [5, 5.41) is 3.02. The van der Waals surface area contributed by atoms with Crippen LogP contribution in [-0.4, -0.2) is 42.7 Å². The van der Waals surface area contributed by atoms with Gasteiger partial charge in [0.2, 0.25) is 5.91 Å². The van der Waals surface area contributed by atoms with E-state index in [4.69, 9.17) is 11.5 Å². The Labute approximate surface area is 228 Å². The van der Waals surface area contributed by atoms with Gasteiger partial charge in [-0.2, -0.15) is 4.37 Å². The predicted molar refractivity (Wildman–Crippen MR) is 154 cm³/mol. The summed E-state index contributed by atoms with van der Waals surface area (Å²) in [5.74, 6) is -1.27. The number of carbonyl (C=O) groups is 3. The largest absolute Gasteiger partial charge is 0.395 e. The van der Waals surface area contributed by atoms with E-state index in [9.17, 15) is 14.4 Å². The first-order valence-corrected chi connectivity index (χ1v) is 13.4. The maximum atomic E-state index is 14.2. The topological polar surface area (TPSA) is 135 Å².